The number of phenolic OH excluding ortho intramolecular Hbond substituents is 1. The molecule has 0 amide bonds. The van der Waals surface area contributed by atoms with Crippen molar-refractivity contribution >= 4 is 46.1 Å². The van der Waals surface area contributed by atoms with E-state index in [1.165, 1.54) is 0 Å². The summed E-state index contributed by atoms with van der Waals surface area (Å²) in [5.41, 5.74) is 8.21. The number of furan rings is 1. The van der Waals surface area contributed by atoms with Crippen LogP contribution < -0.4 is 9.80 Å². The van der Waals surface area contributed by atoms with E-state index in [0.717, 1.165) is 110 Å². The third-order valence-corrected chi connectivity index (χ3v) is 14.3. The van der Waals surface area contributed by atoms with Crippen LogP contribution in [0.15, 0.2) is 63.2 Å². The number of aromatic nitrogens is 2. The van der Waals surface area contributed by atoms with Gasteiger partial charge in [0.2, 0.25) is 0 Å². The predicted octanol–water partition coefficient (Wildman–Crippen LogP) is 7.94. The van der Waals surface area contributed by atoms with E-state index in [0.29, 0.717) is 82.2 Å². The Morgan fingerprint density at radius 1 is 0.726 bits per heavy atom. The standard InChI is InChI=1S/C48H52N6O6S2/c1-47(2)24-36-38(26-49)45(51-43(40(36)29-59-47)53-10-14-56-15-11-53)61-18-8-31-20-32(22-34(55)21-31)23-48(3)25-37-39(27-50)46(52-44(41(37)30-60-48)54-12-16-57-17-13-54)62-19-9-33-28-58-42-7-5-4-6-35(33)42/h4-7,20-22,28,55H,8-19,23-25,29-30H2,1-3H3. The molecular weight excluding hydrogens is 821 g/mol. The number of nitrogens with zero attached hydrogens (tertiary/aromatic N) is 6. The van der Waals surface area contributed by atoms with Gasteiger partial charge in [-0.1, -0.05) is 24.3 Å². The molecule has 1 N–H and O–H groups in total. The van der Waals surface area contributed by atoms with Crippen LogP contribution in [0.25, 0.3) is 11.0 Å². The quantitative estimate of drug-likeness (QED) is 0.121. The number of nitriles is 2. The summed E-state index contributed by atoms with van der Waals surface area (Å²) < 4.78 is 30.1. The molecule has 3 aromatic heterocycles. The fraction of sp³-hybridized carbons (Fsp3) is 0.458. The number of ether oxygens (including phenoxy) is 4. The van der Waals surface area contributed by atoms with Gasteiger partial charge in [0.15, 0.2) is 0 Å². The molecule has 62 heavy (non-hydrogen) atoms. The summed E-state index contributed by atoms with van der Waals surface area (Å²) in [4.78, 5) is 14.8. The largest absolute Gasteiger partial charge is 0.508 e. The van der Waals surface area contributed by atoms with E-state index >= 15 is 0 Å². The fourth-order valence-corrected chi connectivity index (χ4v) is 11.2. The minimum Gasteiger partial charge on any atom is -0.508 e. The predicted molar refractivity (Wildman–Crippen MR) is 240 cm³/mol. The number of anilines is 2. The van der Waals surface area contributed by atoms with Gasteiger partial charge < -0.3 is 38.3 Å². The van der Waals surface area contributed by atoms with Crippen molar-refractivity contribution in [2.75, 3.05) is 73.9 Å². The van der Waals surface area contributed by atoms with Crippen molar-refractivity contribution in [3.8, 4) is 17.9 Å². The fourth-order valence-electron chi connectivity index (χ4n) is 9.18. The Morgan fingerprint density at radius 3 is 1.95 bits per heavy atom. The molecule has 2 aromatic carbocycles. The number of hydrogen-bond donors (Lipinski definition) is 1. The molecular formula is C48H52N6O6S2. The molecule has 4 aliphatic rings. The number of pyridine rings is 2. The van der Waals surface area contributed by atoms with Gasteiger partial charge in [0.25, 0.3) is 0 Å². The normalized spacial score (nSPS) is 19.8. The van der Waals surface area contributed by atoms with E-state index in [1.54, 1.807) is 23.5 Å². The topological polar surface area (TPSA) is 150 Å². The molecule has 0 aliphatic carbocycles. The first kappa shape index (κ1) is 42.5. The van der Waals surface area contributed by atoms with Crippen LogP contribution in [0.1, 0.15) is 70.8 Å². The average molecular weight is 873 g/mol. The smallest absolute Gasteiger partial charge is 0.135 e. The number of aryl methyl sites for hydroxylation is 2. The van der Waals surface area contributed by atoms with Gasteiger partial charge in [0.1, 0.15) is 45.2 Å². The van der Waals surface area contributed by atoms with Crippen LogP contribution in [0.5, 0.6) is 5.75 Å². The molecule has 2 fully saturated rings. The first-order valence-electron chi connectivity index (χ1n) is 21.5. The molecule has 9 rings (SSSR count). The SMILES string of the molecule is CC1(C)Cc2c(C#N)c(SCCc3cc(O)cc(CC4(C)Cc5c(C#N)c(SCCc6coc7ccccc67)nc(N6CCOCC6)c5CO4)c3)nc(N3CCOCC3)c2CO1. The number of morpholine rings is 2. The molecule has 322 valence electrons. The summed E-state index contributed by atoms with van der Waals surface area (Å²) in [6.45, 7) is 12.5. The van der Waals surface area contributed by atoms with E-state index in [1.807, 2.05) is 36.6 Å². The molecule has 4 aliphatic heterocycles. The maximum Gasteiger partial charge on any atom is 0.135 e. The average Bonchev–Trinajstić information content (AvgIpc) is 3.68. The molecule has 0 bridgehead atoms. The molecule has 14 heteroatoms. The van der Waals surface area contributed by atoms with Crippen LogP contribution in [-0.4, -0.2) is 90.4 Å². The summed E-state index contributed by atoms with van der Waals surface area (Å²) in [6.07, 6.45) is 5.00. The van der Waals surface area contributed by atoms with Crippen LogP contribution in [0, 0.1) is 22.7 Å². The third-order valence-electron chi connectivity index (χ3n) is 12.3. The summed E-state index contributed by atoms with van der Waals surface area (Å²) in [5, 5.41) is 34.8. The van der Waals surface area contributed by atoms with E-state index < -0.39 is 5.60 Å². The minimum absolute atomic E-state index is 0.198. The van der Waals surface area contributed by atoms with Gasteiger partial charge in [0, 0.05) is 73.5 Å². The van der Waals surface area contributed by atoms with Crippen LogP contribution in [0.2, 0.25) is 0 Å². The Kier molecular flexibility index (Phi) is 12.4. The molecule has 1 atom stereocenters. The Balaban J connectivity index is 0.936. The number of fused-ring (bicyclic) bond motifs is 3. The highest BCUT2D eigenvalue weighted by Gasteiger charge is 2.37. The zero-order chi connectivity index (χ0) is 42.8. The van der Waals surface area contributed by atoms with Gasteiger partial charge in [-0.05, 0) is 79.6 Å². The van der Waals surface area contributed by atoms with Crippen molar-refractivity contribution in [1.29, 1.82) is 10.5 Å². The highest BCUT2D eigenvalue weighted by Crippen LogP contribution is 2.42. The third kappa shape index (κ3) is 9.00. The first-order chi connectivity index (χ1) is 30.1. The Labute approximate surface area is 371 Å². The summed E-state index contributed by atoms with van der Waals surface area (Å²) >= 11 is 3.20. The lowest BCUT2D eigenvalue weighted by Crippen LogP contribution is -2.41. The summed E-state index contributed by atoms with van der Waals surface area (Å²) in [5.74, 6) is 3.38. The first-order valence-corrected chi connectivity index (χ1v) is 23.4. The number of para-hydroxylation sites is 1. The maximum atomic E-state index is 11.0. The molecule has 5 aromatic rings. The Hall–Kier alpha value is -4.80. The van der Waals surface area contributed by atoms with Crippen molar-refractivity contribution in [2.45, 2.75) is 87.3 Å². The molecule has 0 saturated carbocycles. The highest BCUT2D eigenvalue weighted by molar-refractivity contribution is 7.99. The van der Waals surface area contributed by atoms with Gasteiger partial charge in [0.05, 0.1) is 68.2 Å². The summed E-state index contributed by atoms with van der Waals surface area (Å²) in [6, 6.07) is 18.9. The molecule has 0 radical (unpaired) electrons. The molecule has 12 nitrogen and oxygen atoms in total. The van der Waals surface area contributed by atoms with Gasteiger partial charge in [-0.15, -0.1) is 23.5 Å². The van der Waals surface area contributed by atoms with Crippen molar-refractivity contribution in [3.05, 3.63) is 98.8 Å². The number of benzene rings is 2. The molecule has 2 saturated heterocycles. The lowest BCUT2D eigenvalue weighted by molar-refractivity contribution is -0.0537. The Morgan fingerprint density at radius 2 is 1.31 bits per heavy atom. The highest BCUT2D eigenvalue weighted by atomic mass is 32.2. The number of hydrogen-bond acceptors (Lipinski definition) is 14. The van der Waals surface area contributed by atoms with Gasteiger partial charge in [-0.2, -0.15) is 10.5 Å². The van der Waals surface area contributed by atoms with Gasteiger partial charge in [-0.3, -0.25) is 0 Å². The second kappa shape index (κ2) is 18.1. The van der Waals surface area contributed by atoms with Crippen molar-refractivity contribution in [3.63, 3.8) is 0 Å². The van der Waals surface area contributed by atoms with E-state index in [9.17, 15) is 15.6 Å². The van der Waals surface area contributed by atoms with Crippen LogP contribution >= 0.6 is 23.5 Å². The van der Waals surface area contributed by atoms with Crippen molar-refractivity contribution in [1.82, 2.24) is 9.97 Å². The lowest BCUT2D eigenvalue weighted by Gasteiger charge is -2.39. The van der Waals surface area contributed by atoms with E-state index in [2.05, 4.69) is 54.8 Å². The van der Waals surface area contributed by atoms with Gasteiger partial charge in [-0.25, -0.2) is 9.97 Å². The zero-order valence-electron chi connectivity index (χ0n) is 35.6. The molecule has 1 unspecified atom stereocenters. The second-order valence-electron chi connectivity index (χ2n) is 17.3. The number of rotatable bonds is 12. The molecule has 0 spiro atoms. The lowest BCUT2D eigenvalue weighted by atomic mass is 9.83. The van der Waals surface area contributed by atoms with Crippen LogP contribution in [-0.2, 0) is 64.3 Å². The number of thioether (sulfide) groups is 2. The minimum atomic E-state index is -0.637. The maximum absolute atomic E-state index is 11.0. The van der Waals surface area contributed by atoms with Crippen LogP contribution in [0.3, 0.4) is 0 Å². The Bertz CT molecular complexity index is 2550. The zero-order valence-corrected chi connectivity index (χ0v) is 37.3. The number of phenols is 1. The van der Waals surface area contributed by atoms with E-state index in [-0.39, 0.29) is 11.4 Å². The van der Waals surface area contributed by atoms with Crippen LogP contribution in [0.4, 0.5) is 11.6 Å². The van der Waals surface area contributed by atoms with Crippen molar-refractivity contribution < 1.29 is 28.5 Å². The van der Waals surface area contributed by atoms with E-state index in [4.69, 9.17) is 33.3 Å². The van der Waals surface area contributed by atoms with Gasteiger partial charge >= 0.3 is 0 Å². The summed E-state index contributed by atoms with van der Waals surface area (Å²) in [7, 11) is 0. The second-order valence-corrected chi connectivity index (χ2v) is 19.5. The van der Waals surface area contributed by atoms with Crippen molar-refractivity contribution in [2.24, 2.45) is 0 Å². The molecule has 7 heterocycles. The number of aromatic hydroxyl groups is 1. The monoisotopic (exact) mass is 872 g/mol.